The monoisotopic (exact) mass is 477 g/mol. The van der Waals surface area contributed by atoms with Gasteiger partial charge in [-0.25, -0.2) is 4.39 Å². The van der Waals surface area contributed by atoms with E-state index in [1.165, 1.54) is 18.2 Å². The van der Waals surface area contributed by atoms with E-state index in [9.17, 15) is 19.1 Å². The van der Waals surface area contributed by atoms with Crippen molar-refractivity contribution in [1.82, 2.24) is 14.8 Å². The molecule has 8 heteroatoms. The van der Waals surface area contributed by atoms with Gasteiger partial charge in [0.2, 0.25) is 5.91 Å². The third kappa shape index (κ3) is 3.58. The smallest absolute Gasteiger partial charge is 0.254 e. The van der Waals surface area contributed by atoms with Crippen molar-refractivity contribution in [1.29, 1.82) is 0 Å². The van der Waals surface area contributed by atoms with Crippen LogP contribution in [0.15, 0.2) is 42.5 Å². The summed E-state index contributed by atoms with van der Waals surface area (Å²) in [5.74, 6) is 0.544. The quantitative estimate of drug-likeness (QED) is 0.590. The van der Waals surface area contributed by atoms with Gasteiger partial charge in [0.15, 0.2) is 0 Å². The number of benzene rings is 2. The van der Waals surface area contributed by atoms with E-state index >= 15 is 0 Å². The fourth-order valence-corrected chi connectivity index (χ4v) is 5.82. The topological polar surface area (TPSA) is 85.9 Å². The predicted molar refractivity (Wildman–Crippen MR) is 128 cm³/mol. The van der Waals surface area contributed by atoms with Crippen LogP contribution in [0.4, 0.5) is 4.39 Å². The molecule has 35 heavy (non-hydrogen) atoms. The highest BCUT2D eigenvalue weighted by Crippen LogP contribution is 2.49. The number of amides is 2. The van der Waals surface area contributed by atoms with Gasteiger partial charge in [-0.3, -0.25) is 9.59 Å². The van der Waals surface area contributed by atoms with Crippen molar-refractivity contribution < 1.29 is 23.8 Å². The molecule has 0 radical (unpaired) electrons. The Morgan fingerprint density at radius 3 is 2.66 bits per heavy atom. The first-order chi connectivity index (χ1) is 16.9. The molecule has 1 saturated heterocycles. The van der Waals surface area contributed by atoms with Crippen molar-refractivity contribution in [3.05, 3.63) is 65.1 Å². The van der Waals surface area contributed by atoms with E-state index in [1.54, 1.807) is 18.1 Å². The third-order valence-corrected chi connectivity index (χ3v) is 7.75. The summed E-state index contributed by atoms with van der Waals surface area (Å²) in [5.41, 5.74) is 2.44. The van der Waals surface area contributed by atoms with Crippen LogP contribution in [0.5, 0.6) is 5.75 Å². The lowest BCUT2D eigenvalue weighted by molar-refractivity contribution is -0.140. The number of hydrogen-bond donors (Lipinski definition) is 2. The number of methoxy groups -OCH3 is 1. The summed E-state index contributed by atoms with van der Waals surface area (Å²) in [4.78, 5) is 33.4. The maximum absolute atomic E-state index is 13.9. The number of aliphatic hydroxyl groups is 1. The minimum absolute atomic E-state index is 0.161. The van der Waals surface area contributed by atoms with Crippen LogP contribution in [0, 0.1) is 11.7 Å². The van der Waals surface area contributed by atoms with E-state index in [4.69, 9.17) is 4.74 Å². The zero-order chi connectivity index (χ0) is 24.3. The number of hydrogen-bond acceptors (Lipinski definition) is 4. The van der Waals surface area contributed by atoms with Gasteiger partial charge < -0.3 is 24.6 Å². The third-order valence-electron chi connectivity index (χ3n) is 7.75. The lowest BCUT2D eigenvalue weighted by Gasteiger charge is -2.56. The van der Waals surface area contributed by atoms with Crippen LogP contribution < -0.4 is 4.74 Å². The number of carbonyl (C=O) groups excluding carboxylic acids is 2. The van der Waals surface area contributed by atoms with E-state index in [0.717, 1.165) is 35.0 Å². The van der Waals surface area contributed by atoms with Crippen molar-refractivity contribution in [3.63, 3.8) is 0 Å². The molecule has 0 unspecified atom stereocenters. The Morgan fingerprint density at radius 1 is 1.17 bits per heavy atom. The molecular formula is C27H28FN3O4. The summed E-state index contributed by atoms with van der Waals surface area (Å²) in [6.45, 7) is 1.08. The van der Waals surface area contributed by atoms with Gasteiger partial charge in [0.05, 0.1) is 25.2 Å². The minimum Gasteiger partial charge on any atom is -0.497 e. The maximum atomic E-state index is 13.9. The molecule has 2 amide bonds. The van der Waals surface area contributed by atoms with Crippen LogP contribution in [-0.4, -0.2) is 65.1 Å². The largest absolute Gasteiger partial charge is 0.497 e. The van der Waals surface area contributed by atoms with E-state index < -0.39 is 17.3 Å². The van der Waals surface area contributed by atoms with Gasteiger partial charge in [-0.2, -0.15) is 0 Å². The number of aliphatic hydroxyl groups excluding tert-OH is 1. The molecule has 3 aliphatic rings. The summed E-state index contributed by atoms with van der Waals surface area (Å²) in [6.07, 6.45) is 2.82. The Hall–Kier alpha value is -3.39. The lowest BCUT2D eigenvalue weighted by Crippen LogP contribution is -2.68. The van der Waals surface area contributed by atoms with Gasteiger partial charge in [-0.1, -0.05) is 6.07 Å². The molecule has 2 aromatic carbocycles. The number of likely N-dealkylation sites (tertiary alicyclic amines) is 1. The molecule has 1 aromatic heterocycles. The molecule has 6 rings (SSSR count). The maximum Gasteiger partial charge on any atom is 0.254 e. The van der Waals surface area contributed by atoms with Crippen LogP contribution >= 0.6 is 0 Å². The first-order valence-electron chi connectivity index (χ1n) is 12.1. The second-order valence-corrected chi connectivity index (χ2v) is 10.1. The fraction of sp³-hybridized carbons (Fsp3) is 0.407. The Morgan fingerprint density at radius 2 is 1.97 bits per heavy atom. The first kappa shape index (κ1) is 22.1. The predicted octanol–water partition coefficient (Wildman–Crippen LogP) is 3.39. The number of halogens is 1. The van der Waals surface area contributed by atoms with Crippen LogP contribution in [0.1, 0.15) is 46.9 Å². The number of H-pyrrole nitrogens is 1. The molecule has 1 saturated carbocycles. The van der Waals surface area contributed by atoms with Crippen molar-refractivity contribution in [2.75, 3.05) is 33.4 Å². The summed E-state index contributed by atoms with van der Waals surface area (Å²) < 4.78 is 19.3. The molecule has 2 N–H and O–H groups in total. The Kier molecular flexibility index (Phi) is 5.11. The van der Waals surface area contributed by atoms with E-state index in [-0.39, 0.29) is 24.0 Å². The fourth-order valence-electron chi connectivity index (χ4n) is 5.82. The summed E-state index contributed by atoms with van der Waals surface area (Å²) in [6, 6.07) is 10.8. The van der Waals surface area contributed by atoms with Gasteiger partial charge in [-0.15, -0.1) is 0 Å². The molecule has 2 aliphatic heterocycles. The average molecular weight is 478 g/mol. The molecule has 0 bridgehead atoms. The number of rotatable bonds is 5. The van der Waals surface area contributed by atoms with Crippen molar-refractivity contribution >= 4 is 22.7 Å². The van der Waals surface area contributed by atoms with Crippen LogP contribution in [0.3, 0.4) is 0 Å². The summed E-state index contributed by atoms with van der Waals surface area (Å²) in [7, 11) is 1.61. The minimum atomic E-state index is -0.610. The zero-order valence-electron chi connectivity index (χ0n) is 19.6. The Bertz CT molecular complexity index is 1330. The molecule has 1 atom stereocenters. The number of nitrogens with one attached hydrogen (secondary N) is 1. The van der Waals surface area contributed by atoms with E-state index in [2.05, 4.69) is 4.98 Å². The Balaban J connectivity index is 1.43. The normalized spacial score (nSPS) is 20.6. The number of nitrogens with zero attached hydrogens (tertiary/aromatic N) is 2. The number of aromatic nitrogens is 1. The molecule has 1 spiro atoms. The summed E-state index contributed by atoms with van der Waals surface area (Å²) >= 11 is 0. The molecule has 3 aromatic rings. The second kappa shape index (κ2) is 8.09. The highest BCUT2D eigenvalue weighted by atomic mass is 19.1. The number of carbonyl (C=O) groups is 2. The highest BCUT2D eigenvalue weighted by molar-refractivity contribution is 5.96. The SMILES string of the molecule is COc1ccc2c3c([nH]c2c1)[C@H](CO)N(C(=O)c1cccc(F)c1)CC31CN(C(=O)CC2CC2)C1. The standard InChI is InChI=1S/C27H28FN3O4/c1-35-19-7-8-20-21(11-19)29-25-22(12-32)31(26(34)17-3-2-4-18(28)10-17)15-27(24(20)25)13-30(14-27)23(33)9-16-5-6-16/h2-4,7-8,10-11,16,22,29,32H,5-6,9,12-15H2,1H3/t22-/m0/s1. The number of ether oxygens (including phenoxy) is 1. The van der Waals surface area contributed by atoms with Crippen molar-refractivity contribution in [2.24, 2.45) is 5.92 Å². The van der Waals surface area contributed by atoms with Crippen molar-refractivity contribution in [2.45, 2.75) is 30.7 Å². The van der Waals surface area contributed by atoms with Gasteiger partial charge in [0.25, 0.3) is 5.91 Å². The number of fused-ring (bicyclic) bond motifs is 4. The average Bonchev–Trinajstić information content (AvgIpc) is 3.57. The van der Waals surface area contributed by atoms with E-state index in [1.807, 2.05) is 23.1 Å². The van der Waals surface area contributed by atoms with Crippen molar-refractivity contribution in [3.8, 4) is 5.75 Å². The number of aromatic amines is 1. The van der Waals surface area contributed by atoms with Gasteiger partial charge >= 0.3 is 0 Å². The van der Waals surface area contributed by atoms with Gasteiger partial charge in [-0.05, 0) is 54.7 Å². The van der Waals surface area contributed by atoms with Gasteiger partial charge in [0, 0.05) is 54.3 Å². The Labute approximate surface area is 202 Å². The molecular weight excluding hydrogens is 449 g/mol. The molecule has 1 aliphatic carbocycles. The molecule has 7 nitrogen and oxygen atoms in total. The van der Waals surface area contributed by atoms with Gasteiger partial charge in [0.1, 0.15) is 11.6 Å². The van der Waals surface area contributed by atoms with Crippen LogP contribution in [0.25, 0.3) is 10.9 Å². The lowest BCUT2D eigenvalue weighted by atomic mass is 9.68. The van der Waals surface area contributed by atoms with E-state index in [0.29, 0.717) is 37.7 Å². The summed E-state index contributed by atoms with van der Waals surface area (Å²) in [5, 5.41) is 11.4. The van der Waals surface area contributed by atoms with Crippen LogP contribution in [0.2, 0.25) is 0 Å². The highest BCUT2D eigenvalue weighted by Gasteiger charge is 2.55. The zero-order valence-corrected chi connectivity index (χ0v) is 19.6. The molecule has 2 fully saturated rings. The molecule has 182 valence electrons. The second-order valence-electron chi connectivity index (χ2n) is 10.1. The first-order valence-corrected chi connectivity index (χ1v) is 12.1. The van der Waals surface area contributed by atoms with Crippen LogP contribution in [-0.2, 0) is 10.2 Å². The molecule has 3 heterocycles.